The molecule has 7 heteroatoms. The number of methoxy groups -OCH3 is 1. The molecule has 7 nitrogen and oxygen atoms in total. The van der Waals surface area contributed by atoms with Gasteiger partial charge in [0.25, 0.3) is 5.91 Å². The van der Waals surface area contributed by atoms with Crippen LogP contribution in [0.15, 0.2) is 18.3 Å². The molecular formula is C15H21N3O4. The number of pyridine rings is 1. The highest BCUT2D eigenvalue weighted by Crippen LogP contribution is 2.15. The molecule has 0 aliphatic carbocycles. The molecule has 120 valence electrons. The van der Waals surface area contributed by atoms with Gasteiger partial charge in [-0.3, -0.25) is 9.59 Å². The molecule has 1 atom stereocenters. The third-order valence-corrected chi connectivity index (χ3v) is 3.47. The van der Waals surface area contributed by atoms with Gasteiger partial charge in [-0.25, -0.2) is 4.98 Å². The van der Waals surface area contributed by atoms with Crippen LogP contribution >= 0.6 is 0 Å². The van der Waals surface area contributed by atoms with E-state index in [1.54, 1.807) is 30.3 Å². The van der Waals surface area contributed by atoms with Crippen molar-refractivity contribution in [2.75, 3.05) is 33.4 Å². The van der Waals surface area contributed by atoms with E-state index in [4.69, 9.17) is 9.47 Å². The third kappa shape index (κ3) is 4.17. The molecule has 1 aromatic heterocycles. The largest absolute Gasteiger partial charge is 0.475 e. The van der Waals surface area contributed by atoms with E-state index in [1.807, 2.05) is 6.92 Å². The van der Waals surface area contributed by atoms with Crippen LogP contribution in [-0.4, -0.2) is 61.2 Å². The second-order valence-electron chi connectivity index (χ2n) is 5.13. The van der Waals surface area contributed by atoms with E-state index < -0.39 is 0 Å². The van der Waals surface area contributed by atoms with Gasteiger partial charge in [0, 0.05) is 50.5 Å². The smallest absolute Gasteiger partial charge is 0.254 e. The van der Waals surface area contributed by atoms with Gasteiger partial charge in [-0.1, -0.05) is 0 Å². The van der Waals surface area contributed by atoms with Crippen molar-refractivity contribution >= 4 is 11.8 Å². The zero-order chi connectivity index (χ0) is 15.9. The molecular weight excluding hydrogens is 286 g/mol. The number of aromatic nitrogens is 1. The average Bonchev–Trinajstić information content (AvgIpc) is 2.67. The van der Waals surface area contributed by atoms with Gasteiger partial charge in [0.15, 0.2) is 0 Å². The van der Waals surface area contributed by atoms with E-state index in [9.17, 15) is 9.59 Å². The number of amides is 2. The maximum absolute atomic E-state index is 12.6. The van der Waals surface area contributed by atoms with Crippen LogP contribution in [0.25, 0.3) is 0 Å². The minimum absolute atomic E-state index is 0.0267. The Hall–Kier alpha value is -2.15. The van der Waals surface area contributed by atoms with Crippen LogP contribution in [0.2, 0.25) is 0 Å². The number of ether oxygens (including phenoxy) is 2. The topological polar surface area (TPSA) is 80.8 Å². The first kappa shape index (κ1) is 16.2. The lowest BCUT2D eigenvalue weighted by Gasteiger charge is -2.26. The fourth-order valence-electron chi connectivity index (χ4n) is 2.31. The summed E-state index contributed by atoms with van der Waals surface area (Å²) in [6.45, 7) is 3.67. The van der Waals surface area contributed by atoms with Crippen LogP contribution in [0, 0.1) is 0 Å². The minimum atomic E-state index is -0.138. The second-order valence-corrected chi connectivity index (χ2v) is 5.13. The van der Waals surface area contributed by atoms with Crippen molar-refractivity contribution in [3.8, 4) is 5.88 Å². The zero-order valence-electron chi connectivity index (χ0n) is 12.9. The Labute approximate surface area is 129 Å². The highest BCUT2D eigenvalue weighted by atomic mass is 16.5. The van der Waals surface area contributed by atoms with Crippen LogP contribution in [0.3, 0.4) is 0 Å². The molecule has 1 aliphatic rings. The summed E-state index contributed by atoms with van der Waals surface area (Å²) in [5.74, 6) is 0.240. The van der Waals surface area contributed by atoms with Crippen molar-refractivity contribution in [2.45, 2.75) is 19.4 Å². The first-order valence-electron chi connectivity index (χ1n) is 7.27. The number of nitrogens with one attached hydrogen (secondary N) is 1. The predicted octanol–water partition coefficient (Wildman–Crippen LogP) is 0.457. The van der Waals surface area contributed by atoms with E-state index >= 15 is 0 Å². The molecule has 22 heavy (non-hydrogen) atoms. The van der Waals surface area contributed by atoms with Gasteiger partial charge in [0.05, 0.1) is 6.61 Å². The summed E-state index contributed by atoms with van der Waals surface area (Å²) in [5, 5.41) is 2.77. The van der Waals surface area contributed by atoms with Crippen LogP contribution in [0.1, 0.15) is 23.7 Å². The molecule has 0 saturated carbocycles. The fourth-order valence-corrected chi connectivity index (χ4v) is 2.31. The number of hydrogen-bond donors (Lipinski definition) is 1. The maximum atomic E-state index is 12.6. The van der Waals surface area contributed by atoms with E-state index in [-0.39, 0.29) is 17.9 Å². The number of carbonyl (C=O) groups is 2. The second kappa shape index (κ2) is 7.74. The highest BCUT2D eigenvalue weighted by molar-refractivity contribution is 5.95. The number of hydrogen-bond acceptors (Lipinski definition) is 5. The van der Waals surface area contributed by atoms with Crippen molar-refractivity contribution < 1.29 is 19.1 Å². The number of rotatable bonds is 5. The van der Waals surface area contributed by atoms with Gasteiger partial charge < -0.3 is 19.7 Å². The summed E-state index contributed by atoms with van der Waals surface area (Å²) in [7, 11) is 1.59. The van der Waals surface area contributed by atoms with Gasteiger partial charge in [-0.15, -0.1) is 0 Å². The van der Waals surface area contributed by atoms with Gasteiger partial charge in [0.2, 0.25) is 11.8 Å². The Morgan fingerprint density at radius 2 is 2.32 bits per heavy atom. The number of nitrogens with zero attached hydrogens (tertiary/aromatic N) is 2. The van der Waals surface area contributed by atoms with Crippen molar-refractivity contribution in [2.24, 2.45) is 0 Å². The molecule has 0 bridgehead atoms. The lowest BCUT2D eigenvalue weighted by Crippen LogP contribution is -2.39. The first-order valence-corrected chi connectivity index (χ1v) is 7.27. The van der Waals surface area contributed by atoms with Crippen LogP contribution in [0.5, 0.6) is 5.88 Å². The zero-order valence-corrected chi connectivity index (χ0v) is 12.9. The summed E-state index contributed by atoms with van der Waals surface area (Å²) < 4.78 is 10.3. The summed E-state index contributed by atoms with van der Waals surface area (Å²) in [6, 6.07) is 3.13. The quantitative estimate of drug-likeness (QED) is 0.799. The highest BCUT2D eigenvalue weighted by Gasteiger charge is 2.26. The monoisotopic (exact) mass is 307 g/mol. The van der Waals surface area contributed by atoms with Crippen LogP contribution < -0.4 is 10.1 Å². The lowest BCUT2D eigenvalue weighted by atomic mass is 10.1. The summed E-state index contributed by atoms with van der Waals surface area (Å²) in [4.78, 5) is 29.9. The van der Waals surface area contributed by atoms with Gasteiger partial charge in [0.1, 0.15) is 6.61 Å². The summed E-state index contributed by atoms with van der Waals surface area (Å²) in [6.07, 6.45) is 1.86. The fraction of sp³-hybridized carbons (Fsp3) is 0.533. The first-order chi connectivity index (χ1) is 10.6. The van der Waals surface area contributed by atoms with Crippen molar-refractivity contribution in [1.82, 2.24) is 15.2 Å². The molecule has 2 heterocycles. The Morgan fingerprint density at radius 3 is 3.09 bits per heavy atom. The minimum Gasteiger partial charge on any atom is -0.475 e. The van der Waals surface area contributed by atoms with Crippen molar-refractivity contribution in [3.05, 3.63) is 23.9 Å². The molecule has 1 N–H and O–H groups in total. The van der Waals surface area contributed by atoms with E-state index in [2.05, 4.69) is 10.3 Å². The lowest BCUT2D eigenvalue weighted by molar-refractivity contribution is -0.121. The summed E-state index contributed by atoms with van der Waals surface area (Å²) >= 11 is 0. The molecule has 0 aromatic carbocycles. The maximum Gasteiger partial charge on any atom is 0.254 e. The molecule has 1 unspecified atom stereocenters. The van der Waals surface area contributed by atoms with Crippen molar-refractivity contribution in [1.29, 1.82) is 0 Å². The molecule has 1 saturated heterocycles. The van der Waals surface area contributed by atoms with Crippen molar-refractivity contribution in [3.63, 3.8) is 0 Å². The Kier molecular flexibility index (Phi) is 5.71. The molecule has 1 fully saturated rings. The van der Waals surface area contributed by atoms with Gasteiger partial charge in [-0.2, -0.15) is 0 Å². The normalized spacial score (nSPS) is 18.5. The molecule has 0 spiro atoms. The molecule has 1 aliphatic heterocycles. The molecule has 2 amide bonds. The third-order valence-electron chi connectivity index (χ3n) is 3.47. The Morgan fingerprint density at radius 1 is 1.50 bits per heavy atom. The summed E-state index contributed by atoms with van der Waals surface area (Å²) in [5.41, 5.74) is 0.503. The van der Waals surface area contributed by atoms with Crippen LogP contribution in [-0.2, 0) is 9.53 Å². The Bertz CT molecular complexity index is 535. The molecule has 2 rings (SSSR count). The van der Waals surface area contributed by atoms with Gasteiger partial charge in [-0.05, 0) is 13.0 Å². The molecule has 0 radical (unpaired) electrons. The number of carbonyl (C=O) groups excluding carboxylic acids is 2. The van der Waals surface area contributed by atoms with Crippen LogP contribution in [0.4, 0.5) is 0 Å². The SMILES string of the molecule is COCCOc1cc(C(=O)N2CCNC(=O)CC2C)ccn1. The Balaban J connectivity index is 2.07. The van der Waals surface area contributed by atoms with E-state index in [1.165, 1.54) is 0 Å². The standard InChI is InChI=1S/C15H21N3O4/c1-11-9-13(19)16-5-6-18(11)15(20)12-3-4-17-14(10-12)22-8-7-21-2/h3-4,10-11H,5-9H2,1-2H3,(H,16,19). The van der Waals surface area contributed by atoms with E-state index in [0.717, 1.165) is 0 Å². The average molecular weight is 307 g/mol. The van der Waals surface area contributed by atoms with E-state index in [0.29, 0.717) is 44.2 Å². The van der Waals surface area contributed by atoms with Gasteiger partial charge >= 0.3 is 0 Å². The predicted molar refractivity (Wildman–Crippen MR) is 79.7 cm³/mol. The molecule has 1 aromatic rings.